The number of carbonyl (C=O) groups excluding carboxylic acids is 2. The van der Waals surface area contributed by atoms with Crippen molar-refractivity contribution in [2.45, 2.75) is 32.7 Å². The summed E-state index contributed by atoms with van der Waals surface area (Å²) in [6, 6.07) is 8.81. The first-order valence-corrected chi connectivity index (χ1v) is 10.1. The number of hydrogen-bond acceptors (Lipinski definition) is 4. The summed E-state index contributed by atoms with van der Waals surface area (Å²) in [4.78, 5) is 37.0. The lowest BCUT2D eigenvalue weighted by Crippen LogP contribution is -2.50. The van der Waals surface area contributed by atoms with Crippen LogP contribution in [0.3, 0.4) is 0 Å². The summed E-state index contributed by atoms with van der Waals surface area (Å²) < 4.78 is 16.2. The van der Waals surface area contributed by atoms with Crippen molar-refractivity contribution in [1.29, 1.82) is 0 Å². The zero-order valence-corrected chi connectivity index (χ0v) is 18.6. The van der Waals surface area contributed by atoms with Gasteiger partial charge in [-0.25, -0.2) is 9.18 Å². The van der Waals surface area contributed by atoms with Gasteiger partial charge in [0.1, 0.15) is 5.54 Å². The van der Waals surface area contributed by atoms with E-state index in [1.165, 1.54) is 18.4 Å². The summed E-state index contributed by atoms with van der Waals surface area (Å²) in [6.45, 7) is 4.31. The molecule has 31 heavy (non-hydrogen) atoms. The van der Waals surface area contributed by atoms with Crippen LogP contribution < -0.4 is 5.32 Å². The molecule has 0 radical (unpaired) electrons. The molecule has 3 N–H and O–H groups in total. The third-order valence-electron chi connectivity index (χ3n) is 5.02. The van der Waals surface area contributed by atoms with Crippen LogP contribution in [-0.4, -0.2) is 38.1 Å². The topological polar surface area (TPSA) is 109 Å². The molecule has 0 saturated heterocycles. The number of carboxylic acids is 1. The standard InChI is InChI=1S/C22H20BrFN2O5/c1-11-14(9-19(28)25-22(2,3)21(30)31)15-8-18(27)16(24)10-17(15)26(11)20(29)12-4-6-13(23)7-5-12/h4-8,10,27H,9H2,1-3H3,(H,25,28)(H,30,31). The van der Waals surface area contributed by atoms with Gasteiger partial charge in [-0.05, 0) is 56.7 Å². The Balaban J connectivity index is 2.12. The number of aromatic nitrogens is 1. The Morgan fingerprint density at radius 1 is 1.16 bits per heavy atom. The maximum Gasteiger partial charge on any atom is 0.328 e. The second kappa shape index (κ2) is 8.14. The van der Waals surface area contributed by atoms with Crippen LogP contribution in [0.5, 0.6) is 5.75 Å². The van der Waals surface area contributed by atoms with E-state index in [2.05, 4.69) is 21.2 Å². The van der Waals surface area contributed by atoms with Crippen molar-refractivity contribution in [3.8, 4) is 5.75 Å². The predicted molar refractivity (Wildman–Crippen MR) is 116 cm³/mol. The van der Waals surface area contributed by atoms with Crippen LogP contribution >= 0.6 is 15.9 Å². The fraction of sp³-hybridized carbons (Fsp3) is 0.227. The number of aromatic hydroxyl groups is 1. The fourth-order valence-corrected chi connectivity index (χ4v) is 3.57. The maximum atomic E-state index is 14.1. The number of carboxylic acid groups (broad SMARTS) is 1. The van der Waals surface area contributed by atoms with Crippen LogP contribution in [0.25, 0.3) is 10.9 Å². The van der Waals surface area contributed by atoms with Gasteiger partial charge in [0, 0.05) is 27.2 Å². The molecule has 162 valence electrons. The molecule has 9 heteroatoms. The van der Waals surface area contributed by atoms with Gasteiger partial charge in [-0.1, -0.05) is 15.9 Å². The van der Waals surface area contributed by atoms with Gasteiger partial charge in [-0.15, -0.1) is 0 Å². The number of amides is 1. The molecule has 0 aliphatic heterocycles. The summed E-state index contributed by atoms with van der Waals surface area (Å²) in [5.41, 5.74) is -0.184. The monoisotopic (exact) mass is 490 g/mol. The van der Waals surface area contributed by atoms with Crippen LogP contribution in [-0.2, 0) is 16.0 Å². The number of aliphatic carboxylic acids is 1. The molecular weight excluding hydrogens is 471 g/mol. The Labute approximate surface area is 185 Å². The van der Waals surface area contributed by atoms with Crippen molar-refractivity contribution < 1.29 is 29.0 Å². The first-order chi connectivity index (χ1) is 14.4. The van der Waals surface area contributed by atoms with E-state index in [1.807, 2.05) is 0 Å². The van der Waals surface area contributed by atoms with Gasteiger partial charge in [0.05, 0.1) is 11.9 Å². The number of nitrogens with one attached hydrogen (secondary N) is 1. The molecule has 2 aromatic carbocycles. The van der Waals surface area contributed by atoms with E-state index in [9.17, 15) is 29.0 Å². The van der Waals surface area contributed by atoms with Gasteiger partial charge >= 0.3 is 5.97 Å². The molecule has 0 aliphatic carbocycles. The Morgan fingerprint density at radius 3 is 2.35 bits per heavy atom. The third-order valence-corrected chi connectivity index (χ3v) is 5.55. The lowest BCUT2D eigenvalue weighted by Gasteiger charge is -2.21. The first kappa shape index (κ1) is 22.5. The van der Waals surface area contributed by atoms with Crippen LogP contribution in [0.15, 0.2) is 40.9 Å². The van der Waals surface area contributed by atoms with Crippen LogP contribution in [0, 0.1) is 12.7 Å². The highest BCUT2D eigenvalue weighted by Crippen LogP contribution is 2.32. The quantitative estimate of drug-likeness (QED) is 0.504. The highest BCUT2D eigenvalue weighted by Gasteiger charge is 2.30. The average Bonchev–Trinajstić information content (AvgIpc) is 2.92. The second-order valence-corrected chi connectivity index (χ2v) is 8.60. The summed E-state index contributed by atoms with van der Waals surface area (Å²) in [5, 5.41) is 21.8. The Morgan fingerprint density at radius 2 is 1.77 bits per heavy atom. The summed E-state index contributed by atoms with van der Waals surface area (Å²) in [7, 11) is 0. The van der Waals surface area contributed by atoms with Gasteiger partial charge in [0.15, 0.2) is 11.6 Å². The number of halogens is 2. The van der Waals surface area contributed by atoms with E-state index in [4.69, 9.17) is 0 Å². The smallest absolute Gasteiger partial charge is 0.328 e. The highest BCUT2D eigenvalue weighted by atomic mass is 79.9. The van der Waals surface area contributed by atoms with Crippen LogP contribution in [0.4, 0.5) is 4.39 Å². The molecule has 0 bridgehead atoms. The van der Waals surface area contributed by atoms with Crippen molar-refractivity contribution in [2.75, 3.05) is 0 Å². The van der Waals surface area contributed by atoms with E-state index in [1.54, 1.807) is 31.2 Å². The van der Waals surface area contributed by atoms with Gasteiger partial charge in [0.25, 0.3) is 5.91 Å². The molecule has 3 aromatic rings. The number of phenolic OH excluding ortho intramolecular Hbond substituents is 1. The normalized spacial score (nSPS) is 11.5. The van der Waals surface area contributed by atoms with Crippen molar-refractivity contribution in [1.82, 2.24) is 9.88 Å². The molecule has 0 atom stereocenters. The first-order valence-electron chi connectivity index (χ1n) is 9.29. The SMILES string of the molecule is Cc1c(CC(=O)NC(C)(C)C(=O)O)c2cc(O)c(F)cc2n1C(=O)c1ccc(Br)cc1. The minimum Gasteiger partial charge on any atom is -0.505 e. The van der Waals surface area contributed by atoms with Gasteiger partial charge < -0.3 is 15.5 Å². The lowest BCUT2D eigenvalue weighted by atomic mass is 10.0. The predicted octanol–water partition coefficient (Wildman–Crippen LogP) is 3.77. The molecule has 1 heterocycles. The molecular formula is C22H20BrFN2O5. The number of benzene rings is 2. The molecule has 0 spiro atoms. The Bertz CT molecular complexity index is 1220. The molecule has 1 amide bonds. The lowest BCUT2D eigenvalue weighted by molar-refractivity contribution is -0.145. The number of rotatable bonds is 5. The molecule has 0 saturated carbocycles. The molecule has 7 nitrogen and oxygen atoms in total. The molecule has 3 rings (SSSR count). The van der Waals surface area contributed by atoms with Crippen molar-refractivity contribution in [3.05, 3.63) is 63.5 Å². The third kappa shape index (κ3) is 4.32. The molecule has 0 fully saturated rings. The number of phenols is 1. The van der Waals surface area contributed by atoms with Crippen molar-refractivity contribution in [2.24, 2.45) is 0 Å². The zero-order chi connectivity index (χ0) is 23.1. The van der Waals surface area contributed by atoms with Crippen molar-refractivity contribution in [3.63, 3.8) is 0 Å². The summed E-state index contributed by atoms with van der Waals surface area (Å²) in [6.07, 6.45) is -0.259. The summed E-state index contributed by atoms with van der Waals surface area (Å²) >= 11 is 3.31. The van der Waals surface area contributed by atoms with E-state index < -0.39 is 34.9 Å². The van der Waals surface area contributed by atoms with E-state index in [0.717, 1.165) is 16.6 Å². The number of hydrogen-bond donors (Lipinski definition) is 3. The fourth-order valence-electron chi connectivity index (χ4n) is 3.30. The van der Waals surface area contributed by atoms with Gasteiger partial charge in [-0.3, -0.25) is 14.2 Å². The summed E-state index contributed by atoms with van der Waals surface area (Å²) in [5.74, 6) is -3.75. The van der Waals surface area contributed by atoms with Crippen LogP contribution in [0.1, 0.15) is 35.5 Å². The van der Waals surface area contributed by atoms with Gasteiger partial charge in [-0.2, -0.15) is 0 Å². The van der Waals surface area contributed by atoms with Crippen molar-refractivity contribution >= 4 is 44.6 Å². The van der Waals surface area contributed by atoms with E-state index >= 15 is 0 Å². The largest absolute Gasteiger partial charge is 0.505 e. The minimum atomic E-state index is -1.50. The average molecular weight is 491 g/mol. The Hall–Kier alpha value is -3.20. The van der Waals surface area contributed by atoms with Gasteiger partial charge in [0.2, 0.25) is 5.91 Å². The molecule has 0 aliphatic rings. The minimum absolute atomic E-state index is 0.195. The van der Waals surface area contributed by atoms with E-state index in [-0.39, 0.29) is 11.9 Å². The van der Waals surface area contributed by atoms with E-state index in [0.29, 0.717) is 22.2 Å². The zero-order valence-electron chi connectivity index (χ0n) is 17.0. The number of fused-ring (bicyclic) bond motifs is 1. The van der Waals surface area contributed by atoms with Crippen LogP contribution in [0.2, 0.25) is 0 Å². The molecule has 0 unspecified atom stereocenters. The second-order valence-electron chi connectivity index (χ2n) is 7.69. The number of carbonyl (C=O) groups is 3. The highest BCUT2D eigenvalue weighted by molar-refractivity contribution is 9.10. The Kier molecular flexibility index (Phi) is 5.91. The molecule has 1 aromatic heterocycles. The maximum absolute atomic E-state index is 14.1. The number of nitrogens with zero attached hydrogens (tertiary/aromatic N) is 1.